The fraction of sp³-hybridized carbons (Fsp3) is 0.565. The van der Waals surface area contributed by atoms with Gasteiger partial charge >= 0.3 is 17.1 Å². The molecule has 9 heteroatoms. The van der Waals surface area contributed by atoms with Gasteiger partial charge in [-0.15, -0.1) is 0 Å². The number of nitrogens with zero attached hydrogens (tertiary/aromatic N) is 3. The van der Waals surface area contributed by atoms with E-state index >= 15 is 0 Å². The Morgan fingerprint density at radius 2 is 2.03 bits per heavy atom. The predicted octanol–water partition coefficient (Wildman–Crippen LogP) is 1.50. The van der Waals surface area contributed by atoms with Crippen molar-refractivity contribution in [3.8, 4) is 5.88 Å². The number of hydrogen-bond donors (Lipinski definition) is 3. The van der Waals surface area contributed by atoms with Gasteiger partial charge in [0.15, 0.2) is 0 Å². The standard InChI is InChI=1S/C23H31N5O4/c1-13(2)12-27-21-17(9-10-18(29)26-11-5-6-14(26)3)15(4)25-28(21)23(32)19(22(27)31)20(30)24-16-7-8-16/h9-10,13-14,16H,5-8,11-12H2,1-4H3,(H2,24,30,31,32)/p+1/b10-9+/t14-/m1/s1. The molecule has 1 saturated heterocycles. The molecule has 9 nitrogen and oxygen atoms in total. The number of fused-ring (bicyclic) bond motifs is 1. The van der Waals surface area contributed by atoms with Crippen LogP contribution in [0.25, 0.3) is 11.7 Å². The summed E-state index contributed by atoms with van der Waals surface area (Å²) in [6.07, 6.45) is 6.96. The first-order valence-corrected chi connectivity index (χ1v) is 11.4. The molecule has 172 valence electrons. The minimum absolute atomic E-state index is 0.0587. The average molecular weight is 443 g/mol. The number of carbonyl (C=O) groups excluding carboxylic acids is 2. The Labute approximate surface area is 186 Å². The van der Waals surface area contributed by atoms with E-state index in [1.807, 2.05) is 25.7 Å². The van der Waals surface area contributed by atoms with E-state index in [0.717, 1.165) is 32.2 Å². The van der Waals surface area contributed by atoms with E-state index in [9.17, 15) is 19.5 Å². The summed E-state index contributed by atoms with van der Waals surface area (Å²) in [5, 5.41) is 16.8. The number of likely N-dealkylation sites (tertiary alicyclic amines) is 1. The van der Waals surface area contributed by atoms with E-state index in [1.165, 1.54) is 10.6 Å². The van der Waals surface area contributed by atoms with Crippen LogP contribution in [0.2, 0.25) is 0 Å². The van der Waals surface area contributed by atoms with Gasteiger partial charge in [-0.2, -0.15) is 4.57 Å². The molecule has 1 aliphatic heterocycles. The minimum atomic E-state index is -0.613. The van der Waals surface area contributed by atoms with Gasteiger partial charge in [0.05, 0.1) is 17.8 Å². The normalized spacial score (nSPS) is 18.9. The van der Waals surface area contributed by atoms with Crippen LogP contribution in [-0.4, -0.2) is 50.1 Å². The molecule has 0 unspecified atom stereocenters. The topological polar surface area (TPSA) is 111 Å². The van der Waals surface area contributed by atoms with E-state index in [-0.39, 0.29) is 35.4 Å². The monoisotopic (exact) mass is 442 g/mol. The Morgan fingerprint density at radius 1 is 1.31 bits per heavy atom. The van der Waals surface area contributed by atoms with Crippen LogP contribution < -0.4 is 15.4 Å². The largest absolute Gasteiger partial charge is 0.477 e. The highest BCUT2D eigenvalue weighted by Crippen LogP contribution is 2.22. The van der Waals surface area contributed by atoms with Gasteiger partial charge < -0.3 is 15.3 Å². The quantitative estimate of drug-likeness (QED) is 0.465. The second kappa shape index (κ2) is 8.44. The van der Waals surface area contributed by atoms with Crippen molar-refractivity contribution >= 4 is 23.5 Å². The fourth-order valence-electron chi connectivity index (χ4n) is 4.36. The maximum atomic E-state index is 13.2. The van der Waals surface area contributed by atoms with Crippen LogP contribution in [-0.2, 0) is 11.3 Å². The molecule has 1 atom stereocenters. The molecule has 3 heterocycles. The van der Waals surface area contributed by atoms with Gasteiger partial charge in [0.2, 0.25) is 11.5 Å². The van der Waals surface area contributed by atoms with Gasteiger partial charge in [-0.05, 0) is 51.5 Å². The molecular weight excluding hydrogens is 410 g/mol. The molecule has 0 radical (unpaired) electrons. The van der Waals surface area contributed by atoms with Crippen LogP contribution >= 0.6 is 0 Å². The number of amides is 2. The van der Waals surface area contributed by atoms with Gasteiger partial charge in [-0.25, -0.2) is 9.89 Å². The van der Waals surface area contributed by atoms with Crippen molar-refractivity contribution in [2.45, 2.75) is 72.0 Å². The zero-order valence-corrected chi connectivity index (χ0v) is 19.1. The number of aromatic hydroxyl groups is 1. The Balaban J connectivity index is 1.83. The smallest absolute Gasteiger partial charge is 0.378 e. The summed E-state index contributed by atoms with van der Waals surface area (Å²) in [5.74, 6) is -0.846. The third-order valence-electron chi connectivity index (χ3n) is 6.20. The maximum absolute atomic E-state index is 13.2. The average Bonchev–Trinajstić information content (AvgIpc) is 3.32. The lowest BCUT2D eigenvalue weighted by Crippen LogP contribution is -2.46. The highest BCUT2D eigenvalue weighted by atomic mass is 16.3. The van der Waals surface area contributed by atoms with Crippen LogP contribution in [0.15, 0.2) is 10.9 Å². The van der Waals surface area contributed by atoms with Crippen molar-refractivity contribution < 1.29 is 19.3 Å². The summed E-state index contributed by atoms with van der Waals surface area (Å²) in [6.45, 7) is 8.96. The number of rotatable bonds is 6. The second-order valence-electron chi connectivity index (χ2n) is 9.42. The number of aromatic nitrogens is 3. The number of aryl methyl sites for hydroxylation is 1. The number of H-pyrrole nitrogens is 1. The maximum Gasteiger partial charge on any atom is 0.378 e. The second-order valence-corrected chi connectivity index (χ2v) is 9.42. The fourth-order valence-corrected chi connectivity index (χ4v) is 4.36. The van der Waals surface area contributed by atoms with Crippen LogP contribution in [0.3, 0.4) is 0 Å². The highest BCUT2D eigenvalue weighted by Gasteiger charge is 2.35. The third-order valence-corrected chi connectivity index (χ3v) is 6.20. The van der Waals surface area contributed by atoms with Crippen molar-refractivity contribution in [1.29, 1.82) is 0 Å². The molecule has 2 amide bonds. The van der Waals surface area contributed by atoms with E-state index in [2.05, 4.69) is 10.4 Å². The first-order chi connectivity index (χ1) is 15.2. The van der Waals surface area contributed by atoms with E-state index in [1.54, 1.807) is 17.6 Å². The van der Waals surface area contributed by atoms with E-state index in [4.69, 9.17) is 0 Å². The molecule has 1 saturated carbocycles. The zero-order valence-electron chi connectivity index (χ0n) is 19.1. The Morgan fingerprint density at radius 3 is 2.62 bits per heavy atom. The molecule has 0 aromatic carbocycles. The highest BCUT2D eigenvalue weighted by molar-refractivity contribution is 5.96. The van der Waals surface area contributed by atoms with Crippen molar-refractivity contribution in [2.24, 2.45) is 5.92 Å². The van der Waals surface area contributed by atoms with Crippen molar-refractivity contribution in [3.63, 3.8) is 0 Å². The first-order valence-electron chi connectivity index (χ1n) is 11.4. The first kappa shape index (κ1) is 22.1. The van der Waals surface area contributed by atoms with Gasteiger partial charge in [-0.1, -0.05) is 18.4 Å². The van der Waals surface area contributed by atoms with Crippen molar-refractivity contribution in [2.75, 3.05) is 6.54 Å². The molecule has 2 aromatic rings. The molecule has 0 spiro atoms. The van der Waals surface area contributed by atoms with Crippen molar-refractivity contribution in [3.05, 3.63) is 33.3 Å². The number of aromatic amines is 1. The van der Waals surface area contributed by atoms with Crippen LogP contribution in [0, 0.1) is 12.8 Å². The van der Waals surface area contributed by atoms with E-state index in [0.29, 0.717) is 23.4 Å². The third kappa shape index (κ3) is 4.03. The Hall–Kier alpha value is -3.10. The molecule has 0 bridgehead atoms. The summed E-state index contributed by atoms with van der Waals surface area (Å²) in [4.78, 5) is 40.5. The number of hydrogen-bond acceptors (Lipinski definition) is 4. The summed E-state index contributed by atoms with van der Waals surface area (Å²) in [6, 6.07) is 0.268. The molecule has 2 fully saturated rings. The summed E-state index contributed by atoms with van der Waals surface area (Å²) in [7, 11) is 0. The SMILES string of the molecule is Cc1[nH]n2c(=O)c(C(=O)NC3CC3)c(O)[n+](CC(C)C)c2c1/C=C/C(=O)N1CCC[C@H]1C. The van der Waals surface area contributed by atoms with Crippen LogP contribution in [0.4, 0.5) is 0 Å². The minimum Gasteiger partial charge on any atom is -0.477 e. The number of nitrogens with one attached hydrogen (secondary N) is 2. The van der Waals surface area contributed by atoms with Crippen LogP contribution in [0.5, 0.6) is 5.88 Å². The lowest BCUT2D eigenvalue weighted by molar-refractivity contribution is -0.686. The van der Waals surface area contributed by atoms with E-state index < -0.39 is 11.5 Å². The summed E-state index contributed by atoms with van der Waals surface area (Å²) < 4.78 is 2.88. The molecule has 32 heavy (non-hydrogen) atoms. The zero-order chi connectivity index (χ0) is 23.2. The molecular formula is C23H32N5O4+. The van der Waals surface area contributed by atoms with Crippen molar-refractivity contribution in [1.82, 2.24) is 19.8 Å². The number of carbonyl (C=O) groups is 2. The molecule has 1 aliphatic carbocycles. The Bertz CT molecular complexity index is 1160. The van der Waals surface area contributed by atoms with Gasteiger partial charge in [0.25, 0.3) is 5.91 Å². The predicted molar refractivity (Wildman–Crippen MR) is 119 cm³/mol. The summed E-state index contributed by atoms with van der Waals surface area (Å²) in [5.41, 5.74) is 0.844. The molecule has 2 aromatic heterocycles. The summed E-state index contributed by atoms with van der Waals surface area (Å²) >= 11 is 0. The lowest BCUT2D eigenvalue weighted by Gasteiger charge is -2.19. The Kier molecular flexibility index (Phi) is 5.83. The van der Waals surface area contributed by atoms with Crippen LogP contribution in [0.1, 0.15) is 68.1 Å². The molecule has 3 N–H and O–H groups in total. The molecule has 2 aliphatic rings. The van der Waals surface area contributed by atoms with Gasteiger partial charge in [-0.3, -0.25) is 9.59 Å². The lowest BCUT2D eigenvalue weighted by atomic mass is 10.1. The van der Waals surface area contributed by atoms with Gasteiger partial charge in [0.1, 0.15) is 0 Å². The molecule has 4 rings (SSSR count). The van der Waals surface area contributed by atoms with Gasteiger partial charge in [0, 0.05) is 24.7 Å².